The summed E-state index contributed by atoms with van der Waals surface area (Å²) < 4.78 is 4.60. The minimum Gasteiger partial charge on any atom is -0.378 e. The highest BCUT2D eigenvalue weighted by Crippen LogP contribution is 2.51. The van der Waals surface area contributed by atoms with E-state index >= 15 is 0 Å². The molecule has 154 valence electrons. The van der Waals surface area contributed by atoms with Crippen molar-refractivity contribution in [2.75, 3.05) is 19.0 Å². The summed E-state index contributed by atoms with van der Waals surface area (Å²) in [4.78, 5) is 29.4. The Morgan fingerprint density at radius 2 is 1.32 bits per heavy atom. The number of rotatable bonds is 2. The Morgan fingerprint density at radius 3 is 1.87 bits per heavy atom. The number of nitrogens with zero attached hydrogens (tertiary/aromatic N) is 4. The van der Waals surface area contributed by atoms with Crippen LogP contribution >= 0.6 is 0 Å². The normalized spacial score (nSPS) is 20.2. The summed E-state index contributed by atoms with van der Waals surface area (Å²) in [6, 6.07) is 23.4. The molecule has 2 aliphatic heterocycles. The zero-order valence-electron chi connectivity index (χ0n) is 17.6. The third kappa shape index (κ3) is 2.06. The molecule has 31 heavy (non-hydrogen) atoms. The summed E-state index contributed by atoms with van der Waals surface area (Å²) in [5.74, 6) is 0. The van der Waals surface area contributed by atoms with Gasteiger partial charge in [0.2, 0.25) is 0 Å². The Labute approximate surface area is 179 Å². The molecule has 4 aromatic rings. The maximum absolute atomic E-state index is 13.8. The van der Waals surface area contributed by atoms with Gasteiger partial charge in [-0.3, -0.25) is 0 Å². The summed E-state index contributed by atoms with van der Waals surface area (Å²) in [6.45, 7) is 2.04. The zero-order chi connectivity index (χ0) is 21.5. The number of aromatic nitrogens is 3. The molecular formula is C25H22N4O2. The van der Waals surface area contributed by atoms with Gasteiger partial charge in [0.05, 0.1) is 5.69 Å². The van der Waals surface area contributed by atoms with Gasteiger partial charge in [-0.25, -0.2) is 23.5 Å². The Balaban J connectivity index is 1.69. The summed E-state index contributed by atoms with van der Waals surface area (Å²) in [5.41, 5.74) is 4.48. The van der Waals surface area contributed by atoms with E-state index in [1.807, 2.05) is 74.4 Å². The van der Waals surface area contributed by atoms with Gasteiger partial charge in [0, 0.05) is 19.8 Å². The molecule has 6 nitrogen and oxygen atoms in total. The molecule has 1 aromatic heterocycles. The van der Waals surface area contributed by atoms with Crippen LogP contribution in [-0.4, -0.2) is 28.0 Å². The van der Waals surface area contributed by atoms with Crippen molar-refractivity contribution in [2.24, 2.45) is 0 Å². The maximum Gasteiger partial charge on any atom is 0.353 e. The molecule has 0 atom stereocenters. The molecule has 0 fully saturated rings. The molecule has 0 N–H and O–H groups in total. The first kappa shape index (κ1) is 18.0. The van der Waals surface area contributed by atoms with Crippen LogP contribution in [-0.2, 0) is 5.54 Å². The largest absolute Gasteiger partial charge is 0.378 e. The standard InChI is InChI=1S/C25H22N4O2/c1-25-20-10-6-4-8-18(20)22(19-9-5-7-11-21(19)25)28-23(30)27(24(31)29(25)28)17-14-12-16(13-15-17)26(2)3/h4-15,22H,1-3H3. The van der Waals surface area contributed by atoms with Crippen LogP contribution < -0.4 is 16.3 Å². The molecular weight excluding hydrogens is 388 g/mol. The monoisotopic (exact) mass is 410 g/mol. The lowest BCUT2D eigenvalue weighted by Gasteiger charge is -2.48. The van der Waals surface area contributed by atoms with Crippen molar-refractivity contribution in [1.29, 1.82) is 0 Å². The predicted octanol–water partition coefficient (Wildman–Crippen LogP) is 2.94. The Bertz CT molecular complexity index is 1420. The molecule has 2 bridgehead atoms. The predicted molar refractivity (Wildman–Crippen MR) is 121 cm³/mol. The van der Waals surface area contributed by atoms with Crippen LogP contribution in [0, 0.1) is 0 Å². The smallest absolute Gasteiger partial charge is 0.353 e. The summed E-state index contributed by atoms with van der Waals surface area (Å²) in [5, 5.41) is 0. The van der Waals surface area contributed by atoms with Gasteiger partial charge in [-0.05, 0) is 53.4 Å². The van der Waals surface area contributed by atoms with E-state index in [4.69, 9.17) is 0 Å². The Morgan fingerprint density at radius 1 is 0.774 bits per heavy atom. The van der Waals surface area contributed by atoms with Crippen molar-refractivity contribution >= 4 is 5.69 Å². The fraction of sp³-hybridized carbons (Fsp3) is 0.200. The second kappa shape index (κ2) is 5.88. The van der Waals surface area contributed by atoms with Crippen LogP contribution in [0.25, 0.3) is 5.69 Å². The molecule has 0 saturated heterocycles. The second-order valence-corrected chi connectivity index (χ2v) is 8.62. The molecule has 6 heteroatoms. The Kier molecular flexibility index (Phi) is 3.41. The van der Waals surface area contributed by atoms with Gasteiger partial charge in [0.25, 0.3) is 0 Å². The van der Waals surface area contributed by atoms with Crippen LogP contribution in [0.3, 0.4) is 0 Å². The third-order valence-electron chi connectivity index (χ3n) is 6.83. The van der Waals surface area contributed by atoms with Crippen molar-refractivity contribution in [3.63, 3.8) is 0 Å². The highest BCUT2D eigenvalue weighted by molar-refractivity contribution is 5.58. The quantitative estimate of drug-likeness (QED) is 0.511. The minimum absolute atomic E-state index is 0.317. The number of hydrogen-bond donors (Lipinski definition) is 0. The first-order valence-electron chi connectivity index (χ1n) is 10.4. The van der Waals surface area contributed by atoms with E-state index < -0.39 is 5.54 Å². The number of hydrogen-bond acceptors (Lipinski definition) is 3. The van der Waals surface area contributed by atoms with E-state index in [9.17, 15) is 9.59 Å². The van der Waals surface area contributed by atoms with Crippen LogP contribution in [0.15, 0.2) is 82.4 Å². The number of benzene rings is 3. The van der Waals surface area contributed by atoms with Gasteiger partial charge in [-0.2, -0.15) is 0 Å². The lowest BCUT2D eigenvalue weighted by atomic mass is 9.70. The fourth-order valence-electron chi connectivity index (χ4n) is 5.37. The molecule has 0 unspecified atom stereocenters. The lowest BCUT2D eigenvalue weighted by molar-refractivity contribution is 0.262. The van der Waals surface area contributed by atoms with Crippen molar-refractivity contribution in [1.82, 2.24) is 13.9 Å². The molecule has 1 aliphatic carbocycles. The SMILES string of the molecule is CN(C)c1ccc(-n2c(=O)n3n(c2=O)C2(C)c4ccccc4C3c3ccccc32)cc1. The molecule has 3 heterocycles. The van der Waals surface area contributed by atoms with Crippen molar-refractivity contribution < 1.29 is 0 Å². The van der Waals surface area contributed by atoms with Gasteiger partial charge in [0.15, 0.2) is 0 Å². The van der Waals surface area contributed by atoms with Crippen LogP contribution in [0.4, 0.5) is 5.69 Å². The molecule has 0 saturated carbocycles. The van der Waals surface area contributed by atoms with E-state index in [2.05, 4.69) is 24.3 Å². The fourth-order valence-corrected chi connectivity index (χ4v) is 5.37. The summed E-state index contributed by atoms with van der Waals surface area (Å²) in [7, 11) is 3.92. The maximum atomic E-state index is 13.8. The van der Waals surface area contributed by atoms with E-state index in [0.717, 1.165) is 27.9 Å². The molecule has 0 amide bonds. The number of anilines is 1. The first-order valence-corrected chi connectivity index (χ1v) is 10.4. The Hall–Kier alpha value is -3.80. The molecule has 7 rings (SSSR count). The van der Waals surface area contributed by atoms with Gasteiger partial charge in [-0.15, -0.1) is 0 Å². The summed E-state index contributed by atoms with van der Waals surface area (Å²) in [6.07, 6.45) is 0. The van der Waals surface area contributed by atoms with E-state index in [0.29, 0.717) is 5.69 Å². The average molecular weight is 410 g/mol. The van der Waals surface area contributed by atoms with E-state index in [1.54, 1.807) is 9.36 Å². The van der Waals surface area contributed by atoms with Crippen LogP contribution in [0.1, 0.15) is 35.2 Å². The van der Waals surface area contributed by atoms with Crippen LogP contribution in [0.2, 0.25) is 0 Å². The molecule has 0 radical (unpaired) electrons. The van der Waals surface area contributed by atoms with Gasteiger partial charge >= 0.3 is 11.4 Å². The highest BCUT2D eigenvalue weighted by atomic mass is 16.2. The second-order valence-electron chi connectivity index (χ2n) is 8.62. The lowest BCUT2D eigenvalue weighted by Crippen LogP contribution is -2.54. The minimum atomic E-state index is -0.757. The average Bonchev–Trinajstić information content (AvgIpc) is 3.06. The zero-order valence-corrected chi connectivity index (χ0v) is 17.6. The molecule has 3 aromatic carbocycles. The topological polar surface area (TPSA) is 52.2 Å². The van der Waals surface area contributed by atoms with Gasteiger partial charge < -0.3 is 4.90 Å². The van der Waals surface area contributed by atoms with Crippen molar-refractivity contribution in [3.05, 3.63) is 116 Å². The van der Waals surface area contributed by atoms with Gasteiger partial charge in [-0.1, -0.05) is 48.5 Å². The molecule has 3 aliphatic rings. The highest BCUT2D eigenvalue weighted by Gasteiger charge is 2.51. The molecule has 0 spiro atoms. The van der Waals surface area contributed by atoms with Gasteiger partial charge in [0.1, 0.15) is 11.6 Å². The first-order chi connectivity index (χ1) is 14.9. The third-order valence-corrected chi connectivity index (χ3v) is 6.83. The van der Waals surface area contributed by atoms with E-state index in [-0.39, 0.29) is 17.4 Å². The van der Waals surface area contributed by atoms with Crippen molar-refractivity contribution in [2.45, 2.75) is 18.5 Å². The van der Waals surface area contributed by atoms with E-state index in [1.165, 1.54) is 4.57 Å². The summed E-state index contributed by atoms with van der Waals surface area (Å²) >= 11 is 0. The van der Waals surface area contributed by atoms with Crippen molar-refractivity contribution in [3.8, 4) is 5.69 Å². The van der Waals surface area contributed by atoms with Crippen LogP contribution in [0.5, 0.6) is 0 Å².